The molecule has 1 aliphatic heterocycles. The molecular formula is C21H28ClN3O2S. The quantitative estimate of drug-likeness (QED) is 0.696. The maximum absolute atomic E-state index is 12.8. The van der Waals surface area contributed by atoms with Crippen molar-refractivity contribution in [2.75, 3.05) is 33.3 Å². The lowest BCUT2D eigenvalue weighted by atomic mass is 10.1. The van der Waals surface area contributed by atoms with Crippen LogP contribution >= 0.6 is 22.9 Å². The summed E-state index contributed by atoms with van der Waals surface area (Å²) < 4.78 is 5.46. The number of piperidine rings is 1. The van der Waals surface area contributed by atoms with E-state index in [2.05, 4.69) is 29.0 Å². The molecule has 152 valence electrons. The zero-order valence-electron chi connectivity index (χ0n) is 16.8. The molecule has 1 N–H and O–H groups in total. The number of hydrogen-bond donors (Lipinski definition) is 1. The molecule has 1 fully saturated rings. The summed E-state index contributed by atoms with van der Waals surface area (Å²) in [6.45, 7) is 7.95. The van der Waals surface area contributed by atoms with E-state index in [1.807, 2.05) is 12.1 Å². The standard InChI is InChI=1S/C21H28ClN3O2S/c1-14(2)19-18(20(26)23-9-12-25-10-5-4-6-11-25)24-21(28-19)16-13-15(22)7-8-17(16)27-3/h7-8,13-14H,4-6,9-12H2,1-3H3,(H,23,26). The lowest BCUT2D eigenvalue weighted by Gasteiger charge is -2.26. The summed E-state index contributed by atoms with van der Waals surface area (Å²) in [4.78, 5) is 20.9. The molecule has 1 amide bonds. The second-order valence-corrected chi connectivity index (χ2v) is 8.86. The minimum Gasteiger partial charge on any atom is -0.496 e. The molecule has 0 unspecified atom stereocenters. The van der Waals surface area contributed by atoms with Crippen molar-refractivity contribution in [2.45, 2.75) is 39.0 Å². The van der Waals surface area contributed by atoms with E-state index >= 15 is 0 Å². The highest BCUT2D eigenvalue weighted by Crippen LogP contribution is 2.38. The molecular weight excluding hydrogens is 394 g/mol. The molecule has 7 heteroatoms. The van der Waals surface area contributed by atoms with Gasteiger partial charge in [-0.2, -0.15) is 0 Å². The van der Waals surface area contributed by atoms with E-state index in [0.29, 0.717) is 23.0 Å². The largest absolute Gasteiger partial charge is 0.496 e. The summed E-state index contributed by atoms with van der Waals surface area (Å²) in [5.41, 5.74) is 1.32. The third-order valence-corrected chi connectivity index (χ3v) is 6.57. The number of carbonyl (C=O) groups is 1. The first-order valence-electron chi connectivity index (χ1n) is 9.84. The van der Waals surface area contributed by atoms with Gasteiger partial charge in [0.15, 0.2) is 0 Å². The summed E-state index contributed by atoms with van der Waals surface area (Å²) in [5.74, 6) is 0.800. The van der Waals surface area contributed by atoms with Crippen LogP contribution < -0.4 is 10.1 Å². The average Bonchev–Trinajstić information content (AvgIpc) is 3.14. The van der Waals surface area contributed by atoms with E-state index in [4.69, 9.17) is 16.3 Å². The van der Waals surface area contributed by atoms with Crippen molar-refractivity contribution in [1.29, 1.82) is 0 Å². The fourth-order valence-corrected chi connectivity index (χ4v) is 4.70. The number of likely N-dealkylation sites (tertiary alicyclic amines) is 1. The number of amides is 1. The Kier molecular flexibility index (Phi) is 7.32. The van der Waals surface area contributed by atoms with Gasteiger partial charge >= 0.3 is 0 Å². The monoisotopic (exact) mass is 421 g/mol. The third kappa shape index (κ3) is 5.04. The van der Waals surface area contributed by atoms with Gasteiger partial charge in [-0.1, -0.05) is 31.9 Å². The third-order valence-electron chi connectivity index (χ3n) is 4.95. The van der Waals surface area contributed by atoms with Crippen molar-refractivity contribution in [3.05, 3.63) is 33.8 Å². The van der Waals surface area contributed by atoms with Crippen LogP contribution in [-0.4, -0.2) is 49.1 Å². The van der Waals surface area contributed by atoms with Crippen LogP contribution in [0.1, 0.15) is 54.4 Å². The van der Waals surface area contributed by atoms with Crippen LogP contribution in [0.25, 0.3) is 10.6 Å². The number of rotatable bonds is 7. The highest BCUT2D eigenvalue weighted by Gasteiger charge is 2.22. The van der Waals surface area contributed by atoms with E-state index < -0.39 is 0 Å². The zero-order valence-corrected chi connectivity index (χ0v) is 18.3. The second kappa shape index (κ2) is 9.72. The first-order valence-corrected chi connectivity index (χ1v) is 11.0. The van der Waals surface area contributed by atoms with Crippen LogP contribution in [-0.2, 0) is 0 Å². The molecule has 1 aromatic heterocycles. The van der Waals surface area contributed by atoms with Crippen LogP contribution in [0.3, 0.4) is 0 Å². The summed E-state index contributed by atoms with van der Waals surface area (Å²) in [5, 5.41) is 4.42. The number of nitrogens with zero attached hydrogens (tertiary/aromatic N) is 2. The van der Waals surface area contributed by atoms with E-state index in [0.717, 1.165) is 35.1 Å². The molecule has 28 heavy (non-hydrogen) atoms. The Balaban J connectivity index is 1.77. The molecule has 0 aliphatic carbocycles. The number of nitrogens with one attached hydrogen (secondary N) is 1. The van der Waals surface area contributed by atoms with Crippen molar-refractivity contribution in [2.24, 2.45) is 0 Å². The first kappa shape index (κ1) is 21.1. The number of carbonyl (C=O) groups excluding carboxylic acids is 1. The number of ether oxygens (including phenoxy) is 1. The Morgan fingerprint density at radius 3 is 2.75 bits per heavy atom. The number of halogens is 1. The van der Waals surface area contributed by atoms with Crippen LogP contribution in [0, 0.1) is 0 Å². The molecule has 0 spiro atoms. The van der Waals surface area contributed by atoms with Crippen molar-refractivity contribution in [1.82, 2.24) is 15.2 Å². The number of methoxy groups -OCH3 is 1. The molecule has 2 heterocycles. The predicted octanol–water partition coefficient (Wildman–Crippen LogP) is 4.81. The van der Waals surface area contributed by atoms with Gasteiger partial charge in [-0.05, 0) is 50.0 Å². The van der Waals surface area contributed by atoms with E-state index in [1.165, 1.54) is 30.6 Å². The molecule has 1 aromatic carbocycles. The summed E-state index contributed by atoms with van der Waals surface area (Å²) >= 11 is 7.70. The van der Waals surface area contributed by atoms with Gasteiger partial charge < -0.3 is 15.0 Å². The number of thiazole rings is 1. The molecule has 3 rings (SSSR count). The van der Waals surface area contributed by atoms with E-state index in [9.17, 15) is 4.79 Å². The maximum Gasteiger partial charge on any atom is 0.271 e. The molecule has 0 radical (unpaired) electrons. The Labute approximate surface area is 176 Å². The van der Waals surface area contributed by atoms with Crippen LogP contribution in [0.4, 0.5) is 0 Å². The van der Waals surface area contributed by atoms with Gasteiger partial charge in [0, 0.05) is 23.0 Å². The van der Waals surface area contributed by atoms with Crippen molar-refractivity contribution >= 4 is 28.8 Å². The SMILES string of the molecule is COc1ccc(Cl)cc1-c1nc(C(=O)NCCN2CCCCC2)c(C(C)C)s1. The Morgan fingerprint density at radius 1 is 1.32 bits per heavy atom. The second-order valence-electron chi connectivity index (χ2n) is 7.39. The van der Waals surface area contributed by atoms with Gasteiger partial charge in [-0.15, -0.1) is 11.3 Å². The summed E-state index contributed by atoms with van der Waals surface area (Å²) in [6, 6.07) is 5.45. The normalized spacial score (nSPS) is 15.0. The Morgan fingerprint density at radius 2 is 2.07 bits per heavy atom. The van der Waals surface area contributed by atoms with E-state index in [1.54, 1.807) is 13.2 Å². The van der Waals surface area contributed by atoms with Crippen molar-refractivity contribution < 1.29 is 9.53 Å². The van der Waals surface area contributed by atoms with Crippen LogP contribution in [0.2, 0.25) is 5.02 Å². The van der Waals surface area contributed by atoms with E-state index in [-0.39, 0.29) is 11.8 Å². The molecule has 5 nitrogen and oxygen atoms in total. The number of benzene rings is 1. The first-order chi connectivity index (χ1) is 13.5. The maximum atomic E-state index is 12.8. The van der Waals surface area contributed by atoms with Gasteiger partial charge in [0.25, 0.3) is 5.91 Å². The minimum atomic E-state index is -0.107. The molecule has 0 atom stereocenters. The van der Waals surface area contributed by atoms with Gasteiger partial charge in [0.05, 0.1) is 12.7 Å². The lowest BCUT2D eigenvalue weighted by Crippen LogP contribution is -2.37. The number of aromatic nitrogens is 1. The molecule has 0 saturated carbocycles. The molecule has 1 aliphatic rings. The van der Waals surface area contributed by atoms with Crippen LogP contribution in [0.5, 0.6) is 5.75 Å². The Hall–Kier alpha value is -1.63. The van der Waals surface area contributed by atoms with Crippen LogP contribution in [0.15, 0.2) is 18.2 Å². The fraction of sp³-hybridized carbons (Fsp3) is 0.524. The zero-order chi connectivity index (χ0) is 20.1. The highest BCUT2D eigenvalue weighted by molar-refractivity contribution is 7.15. The van der Waals surface area contributed by atoms with Gasteiger partial charge in [0.1, 0.15) is 16.5 Å². The predicted molar refractivity (Wildman–Crippen MR) is 116 cm³/mol. The fourth-order valence-electron chi connectivity index (χ4n) is 3.44. The Bertz CT molecular complexity index is 816. The molecule has 0 bridgehead atoms. The minimum absolute atomic E-state index is 0.107. The smallest absolute Gasteiger partial charge is 0.271 e. The topological polar surface area (TPSA) is 54.5 Å². The molecule has 2 aromatic rings. The van der Waals surface area contributed by atoms with Crippen molar-refractivity contribution in [3.63, 3.8) is 0 Å². The van der Waals surface area contributed by atoms with Gasteiger partial charge in [0.2, 0.25) is 0 Å². The van der Waals surface area contributed by atoms with Crippen molar-refractivity contribution in [3.8, 4) is 16.3 Å². The van der Waals surface area contributed by atoms with Gasteiger partial charge in [-0.25, -0.2) is 4.98 Å². The lowest BCUT2D eigenvalue weighted by molar-refractivity contribution is 0.0941. The average molecular weight is 422 g/mol. The summed E-state index contributed by atoms with van der Waals surface area (Å²) in [7, 11) is 1.62. The summed E-state index contributed by atoms with van der Waals surface area (Å²) in [6.07, 6.45) is 3.82. The molecule has 1 saturated heterocycles. The van der Waals surface area contributed by atoms with Gasteiger partial charge in [-0.3, -0.25) is 4.79 Å². The number of hydrogen-bond acceptors (Lipinski definition) is 5. The highest BCUT2D eigenvalue weighted by atomic mass is 35.5.